The molecule has 1 amide bonds. The summed E-state index contributed by atoms with van der Waals surface area (Å²) in [6, 6.07) is 12.4. The van der Waals surface area contributed by atoms with Crippen LogP contribution in [0.3, 0.4) is 0 Å². The number of nitrogens with zero attached hydrogens (tertiary/aromatic N) is 5. The van der Waals surface area contributed by atoms with E-state index in [2.05, 4.69) is 49.4 Å². The van der Waals surface area contributed by atoms with E-state index in [1.807, 2.05) is 22.9 Å². The van der Waals surface area contributed by atoms with E-state index in [0.29, 0.717) is 0 Å². The van der Waals surface area contributed by atoms with Gasteiger partial charge in [0, 0.05) is 44.0 Å². The normalized spacial score (nSPS) is 14.7. The summed E-state index contributed by atoms with van der Waals surface area (Å²) < 4.78 is 1.86. The zero-order valence-corrected chi connectivity index (χ0v) is 16.4. The van der Waals surface area contributed by atoms with Crippen molar-refractivity contribution in [1.82, 2.24) is 24.8 Å². The van der Waals surface area contributed by atoms with Gasteiger partial charge >= 0.3 is 0 Å². The molecule has 3 aromatic rings. The first-order valence-corrected chi connectivity index (χ1v) is 10.2. The fourth-order valence-corrected chi connectivity index (χ4v) is 3.71. The van der Waals surface area contributed by atoms with Gasteiger partial charge in [0.2, 0.25) is 5.91 Å². The van der Waals surface area contributed by atoms with Gasteiger partial charge in [-0.05, 0) is 31.2 Å². The average Bonchev–Trinajstić information content (AvgIpc) is 3.33. The zero-order chi connectivity index (χ0) is 19.9. The fraction of sp³-hybridized carbons (Fsp3) is 0.364. The van der Waals surface area contributed by atoms with Gasteiger partial charge in [-0.3, -0.25) is 9.36 Å². The molecule has 1 aliphatic heterocycles. The number of hydrogen-bond acceptors (Lipinski definition) is 5. The second-order valence-electron chi connectivity index (χ2n) is 7.35. The van der Waals surface area contributed by atoms with Crippen molar-refractivity contribution in [3.8, 4) is 5.82 Å². The smallest absolute Gasteiger partial charge is 0.223 e. The minimum Gasteiger partial charge on any atom is -0.356 e. The number of imidazole rings is 1. The lowest BCUT2D eigenvalue weighted by atomic mass is 9.96. The summed E-state index contributed by atoms with van der Waals surface area (Å²) in [7, 11) is 0. The van der Waals surface area contributed by atoms with Gasteiger partial charge in [0.05, 0.1) is 0 Å². The van der Waals surface area contributed by atoms with Gasteiger partial charge in [-0.15, -0.1) is 0 Å². The highest BCUT2D eigenvalue weighted by Gasteiger charge is 2.25. The van der Waals surface area contributed by atoms with Crippen molar-refractivity contribution in [3.63, 3.8) is 0 Å². The van der Waals surface area contributed by atoms with E-state index in [4.69, 9.17) is 0 Å². The average molecular weight is 390 g/mol. The molecule has 3 heterocycles. The van der Waals surface area contributed by atoms with E-state index >= 15 is 0 Å². The number of nitrogens with one attached hydrogen (secondary N) is 1. The van der Waals surface area contributed by atoms with Gasteiger partial charge in [0.15, 0.2) is 0 Å². The Labute approximate surface area is 170 Å². The third-order valence-electron chi connectivity index (χ3n) is 5.38. The Balaban J connectivity index is 1.23. The highest BCUT2D eigenvalue weighted by atomic mass is 16.1. The number of aryl methyl sites for hydroxylation is 1. The molecule has 1 fully saturated rings. The number of hydrogen-bond donors (Lipinski definition) is 1. The molecule has 4 rings (SSSR count). The van der Waals surface area contributed by atoms with Crippen LogP contribution in [0.15, 0.2) is 61.4 Å². The molecule has 0 bridgehead atoms. The summed E-state index contributed by atoms with van der Waals surface area (Å²) in [6.45, 7) is 2.37. The quantitative estimate of drug-likeness (QED) is 0.628. The molecular formula is C22H26N6O. The summed E-state index contributed by atoms with van der Waals surface area (Å²) in [5.74, 6) is 1.95. The lowest BCUT2D eigenvalue weighted by Crippen LogP contribution is -2.41. The molecule has 0 saturated carbocycles. The van der Waals surface area contributed by atoms with Gasteiger partial charge in [0.1, 0.15) is 24.3 Å². The molecule has 0 spiro atoms. The van der Waals surface area contributed by atoms with Crippen molar-refractivity contribution in [2.45, 2.75) is 25.7 Å². The lowest BCUT2D eigenvalue weighted by molar-refractivity contribution is -0.125. The van der Waals surface area contributed by atoms with Crippen LogP contribution in [0.1, 0.15) is 24.8 Å². The first kappa shape index (κ1) is 19.1. The Morgan fingerprint density at radius 2 is 1.90 bits per heavy atom. The molecule has 0 unspecified atom stereocenters. The summed E-state index contributed by atoms with van der Waals surface area (Å²) in [4.78, 5) is 27.5. The van der Waals surface area contributed by atoms with Crippen LogP contribution in [0.25, 0.3) is 5.82 Å². The van der Waals surface area contributed by atoms with E-state index in [-0.39, 0.29) is 11.8 Å². The maximum Gasteiger partial charge on any atom is 0.223 e. The minimum atomic E-state index is 0.0814. The van der Waals surface area contributed by atoms with Gasteiger partial charge in [0.25, 0.3) is 0 Å². The third kappa shape index (κ3) is 4.99. The maximum atomic E-state index is 12.5. The number of carbonyl (C=O) groups is 1. The molecular weight excluding hydrogens is 364 g/mol. The maximum absolute atomic E-state index is 12.5. The number of anilines is 1. The summed E-state index contributed by atoms with van der Waals surface area (Å²) in [5, 5.41) is 3.11. The SMILES string of the molecule is O=C(NCCCc1ccccc1)C1CCN(c2cc(-n3ccnc3)ncn2)CC1. The van der Waals surface area contributed by atoms with Gasteiger partial charge in [-0.1, -0.05) is 30.3 Å². The Kier molecular flexibility index (Phi) is 6.14. The topological polar surface area (TPSA) is 75.9 Å². The second kappa shape index (κ2) is 9.32. The van der Waals surface area contributed by atoms with Gasteiger partial charge in [-0.25, -0.2) is 15.0 Å². The van der Waals surface area contributed by atoms with E-state index in [1.165, 1.54) is 5.56 Å². The van der Waals surface area contributed by atoms with Crippen LogP contribution < -0.4 is 10.2 Å². The molecule has 1 N–H and O–H groups in total. The summed E-state index contributed by atoms with van der Waals surface area (Å²) >= 11 is 0. The lowest BCUT2D eigenvalue weighted by Gasteiger charge is -2.32. The van der Waals surface area contributed by atoms with Gasteiger partial charge in [-0.2, -0.15) is 0 Å². The van der Waals surface area contributed by atoms with Crippen LogP contribution in [-0.4, -0.2) is 45.1 Å². The fourth-order valence-electron chi connectivity index (χ4n) is 3.71. The molecule has 1 saturated heterocycles. The number of carbonyl (C=O) groups excluding carboxylic acids is 1. The number of benzene rings is 1. The first-order chi connectivity index (χ1) is 14.3. The molecule has 0 atom stereocenters. The third-order valence-corrected chi connectivity index (χ3v) is 5.38. The second-order valence-corrected chi connectivity index (χ2v) is 7.35. The Bertz CT molecular complexity index is 904. The molecule has 0 aliphatic carbocycles. The van der Waals surface area contributed by atoms with Crippen molar-refractivity contribution in [1.29, 1.82) is 0 Å². The van der Waals surface area contributed by atoms with Crippen molar-refractivity contribution >= 4 is 11.7 Å². The number of amides is 1. The number of piperidine rings is 1. The molecule has 7 nitrogen and oxygen atoms in total. The molecule has 7 heteroatoms. The van der Waals surface area contributed by atoms with E-state index < -0.39 is 0 Å². The molecule has 1 aliphatic rings. The molecule has 29 heavy (non-hydrogen) atoms. The van der Waals surface area contributed by atoms with Crippen LogP contribution in [-0.2, 0) is 11.2 Å². The predicted octanol–water partition coefficient (Wildman–Crippen LogP) is 2.63. The van der Waals surface area contributed by atoms with Crippen molar-refractivity contribution in [2.75, 3.05) is 24.5 Å². The van der Waals surface area contributed by atoms with Crippen molar-refractivity contribution < 1.29 is 4.79 Å². The van der Waals surface area contributed by atoms with Gasteiger partial charge < -0.3 is 10.2 Å². The summed E-state index contributed by atoms with van der Waals surface area (Å²) in [6.07, 6.45) is 10.5. The zero-order valence-electron chi connectivity index (χ0n) is 16.4. The van der Waals surface area contributed by atoms with Crippen LogP contribution >= 0.6 is 0 Å². The molecule has 1 aromatic carbocycles. The van der Waals surface area contributed by atoms with Crippen LogP contribution in [0.4, 0.5) is 5.82 Å². The molecule has 150 valence electrons. The monoisotopic (exact) mass is 390 g/mol. The van der Waals surface area contributed by atoms with Crippen molar-refractivity contribution in [3.05, 3.63) is 67.0 Å². The standard InChI is InChI=1S/C22H26N6O/c29-22(24-10-4-7-18-5-2-1-3-6-18)19-8-12-27(13-9-19)20-15-21(26-16-25-20)28-14-11-23-17-28/h1-3,5-6,11,14-17,19H,4,7-10,12-13H2,(H,24,29). The van der Waals surface area contributed by atoms with Crippen LogP contribution in [0.2, 0.25) is 0 Å². The van der Waals surface area contributed by atoms with E-state index in [1.54, 1.807) is 18.9 Å². The number of aromatic nitrogens is 4. The highest BCUT2D eigenvalue weighted by molar-refractivity contribution is 5.78. The Morgan fingerprint density at radius 1 is 1.10 bits per heavy atom. The van der Waals surface area contributed by atoms with Crippen LogP contribution in [0, 0.1) is 5.92 Å². The number of rotatable bonds is 7. The largest absolute Gasteiger partial charge is 0.356 e. The highest BCUT2D eigenvalue weighted by Crippen LogP contribution is 2.22. The van der Waals surface area contributed by atoms with E-state index in [9.17, 15) is 4.79 Å². The molecule has 0 radical (unpaired) electrons. The first-order valence-electron chi connectivity index (χ1n) is 10.2. The summed E-state index contributed by atoms with van der Waals surface area (Å²) in [5.41, 5.74) is 1.31. The van der Waals surface area contributed by atoms with E-state index in [0.717, 1.165) is 57.0 Å². The Morgan fingerprint density at radius 3 is 2.66 bits per heavy atom. The van der Waals surface area contributed by atoms with Crippen molar-refractivity contribution in [2.24, 2.45) is 5.92 Å². The Hall–Kier alpha value is -3.22. The molecule has 2 aromatic heterocycles. The van der Waals surface area contributed by atoms with Crippen LogP contribution in [0.5, 0.6) is 0 Å². The predicted molar refractivity (Wildman–Crippen MR) is 112 cm³/mol. The minimum absolute atomic E-state index is 0.0814.